The van der Waals surface area contributed by atoms with Crippen LogP contribution in [0.2, 0.25) is 0 Å². The van der Waals surface area contributed by atoms with E-state index in [0.717, 1.165) is 73.9 Å². The molecule has 1 aromatic heterocycles. The Balaban J connectivity index is 1.45. The highest BCUT2D eigenvalue weighted by Crippen LogP contribution is 2.58. The monoisotopic (exact) mass is 534 g/mol. The van der Waals surface area contributed by atoms with Gasteiger partial charge in [-0.2, -0.15) is 0 Å². The van der Waals surface area contributed by atoms with Crippen LogP contribution in [0.5, 0.6) is 5.75 Å². The topological polar surface area (TPSA) is 61.7 Å². The second-order valence-electron chi connectivity index (χ2n) is 13.0. The standard InChI is InChI=1S/C33H46N2O4/c1-22-26(31(36)34-25-10-15-38-16-11-25)20-29(35(22)21-23-8-6-5-7-9-23)24-18-27(32(2,3)37-4)30-28(19-24)33(12-13-33)14-17-39-30/h18-20,23,25H,5-17,21H2,1-4H3,(H,34,36). The fourth-order valence-electron chi connectivity index (χ4n) is 7.12. The fourth-order valence-corrected chi connectivity index (χ4v) is 7.12. The number of hydrogen-bond acceptors (Lipinski definition) is 4. The Bertz CT molecular complexity index is 1210. The lowest BCUT2D eigenvalue weighted by Crippen LogP contribution is -2.39. The minimum Gasteiger partial charge on any atom is -0.493 e. The van der Waals surface area contributed by atoms with Gasteiger partial charge < -0.3 is 24.1 Å². The first kappa shape index (κ1) is 26.9. The lowest BCUT2D eigenvalue weighted by atomic mass is 9.83. The van der Waals surface area contributed by atoms with E-state index in [1.54, 1.807) is 7.11 Å². The van der Waals surface area contributed by atoms with Crippen molar-refractivity contribution in [1.82, 2.24) is 9.88 Å². The summed E-state index contributed by atoms with van der Waals surface area (Å²) in [6.07, 6.45) is 11.8. The van der Waals surface area contributed by atoms with E-state index in [-0.39, 0.29) is 17.4 Å². The summed E-state index contributed by atoms with van der Waals surface area (Å²) in [5.74, 6) is 1.72. The Labute approximate surface area is 233 Å². The molecule has 2 saturated carbocycles. The van der Waals surface area contributed by atoms with Crippen LogP contribution in [0.4, 0.5) is 0 Å². The van der Waals surface area contributed by atoms with Gasteiger partial charge in [-0.3, -0.25) is 4.79 Å². The Morgan fingerprint density at radius 2 is 1.79 bits per heavy atom. The Morgan fingerprint density at radius 1 is 1.05 bits per heavy atom. The van der Waals surface area contributed by atoms with Gasteiger partial charge in [0, 0.05) is 60.8 Å². The Kier molecular flexibility index (Phi) is 7.30. The fraction of sp³-hybridized carbons (Fsp3) is 0.667. The van der Waals surface area contributed by atoms with E-state index in [1.807, 2.05) is 0 Å². The highest BCUT2D eigenvalue weighted by atomic mass is 16.5. The predicted octanol–water partition coefficient (Wildman–Crippen LogP) is 6.65. The van der Waals surface area contributed by atoms with Gasteiger partial charge in [-0.05, 0) is 95.4 Å². The first-order valence-corrected chi connectivity index (χ1v) is 15.3. The number of carbonyl (C=O) groups excluding carboxylic acids is 1. The lowest BCUT2D eigenvalue weighted by molar-refractivity contribution is 0.0161. The quantitative estimate of drug-likeness (QED) is 0.432. The molecule has 6 rings (SSSR count). The van der Waals surface area contributed by atoms with E-state index < -0.39 is 5.60 Å². The van der Waals surface area contributed by atoms with Gasteiger partial charge in [0.25, 0.3) is 5.91 Å². The maximum Gasteiger partial charge on any atom is 0.253 e. The highest BCUT2D eigenvalue weighted by molar-refractivity contribution is 5.97. The summed E-state index contributed by atoms with van der Waals surface area (Å²) in [7, 11) is 1.78. The van der Waals surface area contributed by atoms with Crippen molar-refractivity contribution >= 4 is 5.91 Å². The number of nitrogens with zero attached hydrogens (tertiary/aromatic N) is 1. The van der Waals surface area contributed by atoms with Gasteiger partial charge in [0.1, 0.15) is 5.75 Å². The molecule has 1 amide bonds. The summed E-state index contributed by atoms with van der Waals surface area (Å²) >= 11 is 0. The molecule has 4 aliphatic rings. The van der Waals surface area contributed by atoms with E-state index >= 15 is 0 Å². The number of rotatable bonds is 7. The molecule has 212 valence electrons. The van der Waals surface area contributed by atoms with Crippen molar-refractivity contribution in [1.29, 1.82) is 0 Å². The third kappa shape index (κ3) is 5.15. The summed E-state index contributed by atoms with van der Waals surface area (Å²) in [4.78, 5) is 13.6. The van der Waals surface area contributed by atoms with Crippen LogP contribution in [-0.4, -0.2) is 43.4 Å². The summed E-state index contributed by atoms with van der Waals surface area (Å²) in [6, 6.07) is 6.99. The van der Waals surface area contributed by atoms with Crippen molar-refractivity contribution in [2.75, 3.05) is 26.9 Å². The largest absolute Gasteiger partial charge is 0.493 e. The number of methoxy groups -OCH3 is 1. The van der Waals surface area contributed by atoms with Gasteiger partial charge >= 0.3 is 0 Å². The van der Waals surface area contributed by atoms with Gasteiger partial charge in [-0.15, -0.1) is 0 Å². The van der Waals surface area contributed by atoms with E-state index in [2.05, 4.69) is 48.9 Å². The smallest absolute Gasteiger partial charge is 0.253 e. The minimum atomic E-state index is -0.480. The zero-order valence-electron chi connectivity index (χ0n) is 24.4. The van der Waals surface area contributed by atoms with E-state index in [1.165, 1.54) is 56.1 Å². The summed E-state index contributed by atoms with van der Waals surface area (Å²) in [6.45, 7) is 9.56. The van der Waals surface area contributed by atoms with Gasteiger partial charge in [0.05, 0.1) is 17.8 Å². The van der Waals surface area contributed by atoms with Crippen LogP contribution < -0.4 is 10.1 Å². The third-order valence-corrected chi connectivity index (χ3v) is 10.1. The molecule has 6 nitrogen and oxygen atoms in total. The molecule has 1 aromatic carbocycles. The number of amides is 1. The van der Waals surface area contributed by atoms with E-state index in [9.17, 15) is 4.79 Å². The number of fused-ring (bicyclic) bond motifs is 2. The number of carbonyl (C=O) groups is 1. The van der Waals surface area contributed by atoms with Gasteiger partial charge in [-0.1, -0.05) is 19.3 Å². The van der Waals surface area contributed by atoms with Gasteiger partial charge in [0.15, 0.2) is 0 Å². The van der Waals surface area contributed by atoms with Crippen molar-refractivity contribution in [2.45, 2.75) is 109 Å². The number of aromatic nitrogens is 1. The van der Waals surface area contributed by atoms with Crippen molar-refractivity contribution in [3.8, 4) is 17.0 Å². The minimum absolute atomic E-state index is 0.0421. The normalized spacial score (nSPS) is 21.4. The molecule has 0 unspecified atom stereocenters. The average Bonchev–Trinajstić information content (AvgIpc) is 3.65. The zero-order chi connectivity index (χ0) is 27.2. The number of nitrogens with one attached hydrogen (secondary N) is 1. The third-order valence-electron chi connectivity index (χ3n) is 10.1. The highest BCUT2D eigenvalue weighted by Gasteiger charge is 2.49. The van der Waals surface area contributed by atoms with Crippen LogP contribution in [0.1, 0.15) is 105 Å². The average molecular weight is 535 g/mol. The number of ether oxygens (including phenoxy) is 3. The summed E-state index contributed by atoms with van der Waals surface area (Å²) in [5.41, 5.74) is 6.40. The molecule has 2 aliphatic heterocycles. The van der Waals surface area contributed by atoms with Crippen LogP contribution in [0.15, 0.2) is 18.2 Å². The summed E-state index contributed by atoms with van der Waals surface area (Å²) in [5, 5.41) is 3.32. The van der Waals surface area contributed by atoms with Crippen LogP contribution in [-0.2, 0) is 27.0 Å². The molecule has 39 heavy (non-hydrogen) atoms. The molecule has 0 radical (unpaired) electrons. The van der Waals surface area contributed by atoms with Gasteiger partial charge in [-0.25, -0.2) is 0 Å². The molecule has 2 aromatic rings. The van der Waals surface area contributed by atoms with Crippen LogP contribution in [0, 0.1) is 12.8 Å². The molecule has 6 heteroatoms. The van der Waals surface area contributed by atoms with Crippen molar-refractivity contribution in [3.63, 3.8) is 0 Å². The van der Waals surface area contributed by atoms with Crippen molar-refractivity contribution in [2.24, 2.45) is 5.92 Å². The van der Waals surface area contributed by atoms with Crippen LogP contribution >= 0.6 is 0 Å². The molecule has 2 aliphatic carbocycles. The molecule has 0 atom stereocenters. The predicted molar refractivity (Wildman–Crippen MR) is 154 cm³/mol. The molecule has 1 spiro atoms. The maximum atomic E-state index is 13.6. The number of hydrogen-bond donors (Lipinski definition) is 1. The van der Waals surface area contributed by atoms with Crippen LogP contribution in [0.25, 0.3) is 11.3 Å². The SMILES string of the molecule is COC(C)(C)c1cc(-c2cc(C(=O)NC3CCOCC3)c(C)n2CC2CCCCC2)cc2c1OCCC21CC1. The molecular weight excluding hydrogens is 488 g/mol. The Morgan fingerprint density at radius 3 is 2.49 bits per heavy atom. The molecule has 1 saturated heterocycles. The van der Waals surface area contributed by atoms with Crippen LogP contribution in [0.3, 0.4) is 0 Å². The molecular formula is C33H46N2O4. The van der Waals surface area contributed by atoms with Crippen molar-refractivity contribution < 1.29 is 19.0 Å². The van der Waals surface area contributed by atoms with Gasteiger partial charge in [0.2, 0.25) is 0 Å². The molecule has 3 heterocycles. The second-order valence-corrected chi connectivity index (χ2v) is 13.0. The lowest BCUT2D eigenvalue weighted by Gasteiger charge is -2.34. The first-order valence-electron chi connectivity index (χ1n) is 15.3. The number of benzene rings is 1. The second kappa shape index (κ2) is 10.6. The zero-order valence-corrected chi connectivity index (χ0v) is 24.4. The van der Waals surface area contributed by atoms with E-state index in [0.29, 0.717) is 5.92 Å². The molecule has 0 bridgehead atoms. The van der Waals surface area contributed by atoms with Crippen molar-refractivity contribution in [3.05, 3.63) is 40.6 Å². The molecule has 3 fully saturated rings. The first-order chi connectivity index (χ1) is 18.8. The maximum absolute atomic E-state index is 13.6. The van der Waals surface area contributed by atoms with E-state index in [4.69, 9.17) is 14.2 Å². The Hall–Kier alpha value is -2.31. The molecule has 1 N–H and O–H groups in total. The summed E-state index contributed by atoms with van der Waals surface area (Å²) < 4.78 is 20.3.